The minimum atomic E-state index is -0.730. The van der Waals surface area contributed by atoms with E-state index in [1.165, 1.54) is 0 Å². The van der Waals surface area contributed by atoms with Crippen molar-refractivity contribution >= 4 is 0 Å². The summed E-state index contributed by atoms with van der Waals surface area (Å²) in [5, 5.41) is 18.4. The number of rotatable bonds is 7. The monoisotopic (exact) mass is 176 g/mol. The van der Waals surface area contributed by atoms with Crippen LogP contribution in [-0.4, -0.2) is 35.6 Å². The Hall–Kier alpha value is -0.120. The Bertz CT molecular complexity index is 95.8. The summed E-state index contributed by atoms with van der Waals surface area (Å²) in [6.45, 7) is 4.83. The Labute approximate surface area is 74.4 Å². The molecule has 0 aliphatic heterocycles. The van der Waals surface area contributed by atoms with Crippen LogP contribution in [0, 0.1) is 0 Å². The van der Waals surface area contributed by atoms with Gasteiger partial charge in [0.15, 0.2) is 0 Å². The van der Waals surface area contributed by atoms with Crippen LogP contribution in [0.25, 0.3) is 0 Å². The summed E-state index contributed by atoms with van der Waals surface area (Å²) in [5.41, 5.74) is 0. The Kier molecular flexibility index (Phi) is 7.45. The molecule has 0 amide bonds. The molecule has 2 atom stereocenters. The fourth-order valence-corrected chi connectivity index (χ4v) is 0.834. The molecule has 0 aromatic rings. The Morgan fingerprint density at radius 1 is 1.17 bits per heavy atom. The van der Waals surface area contributed by atoms with Crippen molar-refractivity contribution in [3.05, 3.63) is 0 Å². The normalized spacial score (nSPS) is 16.0. The summed E-state index contributed by atoms with van der Waals surface area (Å²) in [4.78, 5) is 0. The summed E-state index contributed by atoms with van der Waals surface area (Å²) in [5.74, 6) is 0. The lowest BCUT2D eigenvalue weighted by atomic mass is 10.2. The van der Waals surface area contributed by atoms with Gasteiger partial charge in [0.05, 0.1) is 12.7 Å². The first-order valence-electron chi connectivity index (χ1n) is 4.66. The molecule has 0 bridgehead atoms. The van der Waals surface area contributed by atoms with Gasteiger partial charge in [-0.25, -0.2) is 0 Å². The maximum absolute atomic E-state index is 9.24. The van der Waals surface area contributed by atoms with Gasteiger partial charge in [-0.1, -0.05) is 20.3 Å². The summed E-state index contributed by atoms with van der Waals surface area (Å²) in [6, 6.07) is 0. The van der Waals surface area contributed by atoms with Crippen molar-refractivity contribution in [1.29, 1.82) is 0 Å². The summed E-state index contributed by atoms with van der Waals surface area (Å²) in [7, 11) is 0. The standard InChI is InChI=1S/C9H20O3/c1-3-5-6-12-7-9(11)8(10)4-2/h8-11H,3-7H2,1-2H3. The van der Waals surface area contributed by atoms with E-state index in [9.17, 15) is 5.11 Å². The van der Waals surface area contributed by atoms with Crippen molar-refractivity contribution in [2.75, 3.05) is 13.2 Å². The van der Waals surface area contributed by atoms with Crippen LogP contribution in [-0.2, 0) is 4.74 Å². The van der Waals surface area contributed by atoms with Gasteiger partial charge in [0.2, 0.25) is 0 Å². The van der Waals surface area contributed by atoms with Crippen molar-refractivity contribution in [2.45, 2.75) is 45.3 Å². The average molecular weight is 176 g/mol. The minimum absolute atomic E-state index is 0.245. The molecule has 0 radical (unpaired) electrons. The van der Waals surface area contributed by atoms with Crippen LogP contribution in [0.5, 0.6) is 0 Å². The fraction of sp³-hybridized carbons (Fsp3) is 1.00. The number of unbranched alkanes of at least 4 members (excludes halogenated alkanes) is 1. The minimum Gasteiger partial charge on any atom is -0.390 e. The smallest absolute Gasteiger partial charge is 0.103 e. The molecule has 2 unspecified atom stereocenters. The molecule has 2 N–H and O–H groups in total. The molecular weight excluding hydrogens is 156 g/mol. The highest BCUT2D eigenvalue weighted by atomic mass is 16.5. The largest absolute Gasteiger partial charge is 0.390 e. The van der Waals surface area contributed by atoms with Gasteiger partial charge in [-0.3, -0.25) is 0 Å². The number of aliphatic hydroxyl groups is 2. The molecule has 0 saturated heterocycles. The van der Waals surface area contributed by atoms with Crippen LogP contribution in [0.3, 0.4) is 0 Å². The Morgan fingerprint density at radius 3 is 2.33 bits per heavy atom. The van der Waals surface area contributed by atoms with E-state index >= 15 is 0 Å². The first-order valence-corrected chi connectivity index (χ1v) is 4.66. The second-order valence-electron chi connectivity index (χ2n) is 2.97. The predicted molar refractivity (Wildman–Crippen MR) is 48.0 cm³/mol. The molecule has 3 heteroatoms. The maximum Gasteiger partial charge on any atom is 0.103 e. The van der Waals surface area contributed by atoms with E-state index < -0.39 is 12.2 Å². The average Bonchev–Trinajstić information content (AvgIpc) is 2.10. The van der Waals surface area contributed by atoms with E-state index in [0.717, 1.165) is 12.8 Å². The second kappa shape index (κ2) is 7.53. The molecule has 0 fully saturated rings. The third-order valence-electron chi connectivity index (χ3n) is 1.79. The number of hydrogen-bond donors (Lipinski definition) is 2. The zero-order valence-electron chi connectivity index (χ0n) is 7.99. The van der Waals surface area contributed by atoms with E-state index in [1.54, 1.807) is 0 Å². The summed E-state index contributed by atoms with van der Waals surface area (Å²) >= 11 is 0. The first kappa shape index (κ1) is 11.9. The lowest BCUT2D eigenvalue weighted by molar-refractivity contribution is -0.0391. The molecule has 74 valence electrons. The van der Waals surface area contributed by atoms with Crippen molar-refractivity contribution < 1.29 is 14.9 Å². The van der Waals surface area contributed by atoms with E-state index in [2.05, 4.69) is 6.92 Å². The highest BCUT2D eigenvalue weighted by Gasteiger charge is 2.13. The van der Waals surface area contributed by atoms with E-state index in [-0.39, 0.29) is 6.61 Å². The highest BCUT2D eigenvalue weighted by molar-refractivity contribution is 4.63. The highest BCUT2D eigenvalue weighted by Crippen LogP contribution is 1.99. The quantitative estimate of drug-likeness (QED) is 0.567. The third-order valence-corrected chi connectivity index (χ3v) is 1.79. The lowest BCUT2D eigenvalue weighted by Gasteiger charge is -2.15. The van der Waals surface area contributed by atoms with Crippen LogP contribution in [0.1, 0.15) is 33.1 Å². The molecule has 12 heavy (non-hydrogen) atoms. The van der Waals surface area contributed by atoms with Gasteiger partial charge in [-0.2, -0.15) is 0 Å². The zero-order valence-corrected chi connectivity index (χ0v) is 7.99. The van der Waals surface area contributed by atoms with Gasteiger partial charge in [-0.05, 0) is 12.8 Å². The number of aliphatic hydroxyl groups excluding tert-OH is 2. The Balaban J connectivity index is 3.24. The fourth-order valence-electron chi connectivity index (χ4n) is 0.834. The van der Waals surface area contributed by atoms with Gasteiger partial charge in [-0.15, -0.1) is 0 Å². The summed E-state index contributed by atoms with van der Waals surface area (Å²) < 4.78 is 5.15. The van der Waals surface area contributed by atoms with E-state index in [1.807, 2.05) is 6.92 Å². The molecule has 0 aliphatic carbocycles. The SMILES string of the molecule is CCCCOCC(O)C(O)CC. The van der Waals surface area contributed by atoms with Crippen LogP contribution in [0.15, 0.2) is 0 Å². The van der Waals surface area contributed by atoms with Crippen molar-refractivity contribution in [3.8, 4) is 0 Å². The van der Waals surface area contributed by atoms with Crippen LogP contribution >= 0.6 is 0 Å². The van der Waals surface area contributed by atoms with E-state index in [4.69, 9.17) is 9.84 Å². The molecule has 0 spiro atoms. The Morgan fingerprint density at radius 2 is 1.83 bits per heavy atom. The molecule has 0 saturated carbocycles. The van der Waals surface area contributed by atoms with Gasteiger partial charge in [0.25, 0.3) is 0 Å². The molecule has 3 nitrogen and oxygen atoms in total. The molecule has 0 rings (SSSR count). The lowest BCUT2D eigenvalue weighted by Crippen LogP contribution is -2.29. The van der Waals surface area contributed by atoms with Crippen LogP contribution in [0.2, 0.25) is 0 Å². The van der Waals surface area contributed by atoms with Gasteiger partial charge < -0.3 is 14.9 Å². The van der Waals surface area contributed by atoms with Gasteiger partial charge in [0, 0.05) is 6.61 Å². The van der Waals surface area contributed by atoms with Gasteiger partial charge in [0.1, 0.15) is 6.10 Å². The number of ether oxygens (including phenoxy) is 1. The number of hydrogen-bond acceptors (Lipinski definition) is 3. The van der Waals surface area contributed by atoms with Crippen molar-refractivity contribution in [2.24, 2.45) is 0 Å². The topological polar surface area (TPSA) is 49.7 Å². The van der Waals surface area contributed by atoms with Crippen LogP contribution in [0.4, 0.5) is 0 Å². The zero-order chi connectivity index (χ0) is 9.40. The summed E-state index contributed by atoms with van der Waals surface area (Å²) in [6.07, 6.45) is 1.29. The molecule has 0 heterocycles. The van der Waals surface area contributed by atoms with Crippen molar-refractivity contribution in [1.82, 2.24) is 0 Å². The molecule has 0 aromatic heterocycles. The van der Waals surface area contributed by atoms with E-state index in [0.29, 0.717) is 13.0 Å². The van der Waals surface area contributed by atoms with Crippen LogP contribution < -0.4 is 0 Å². The second-order valence-corrected chi connectivity index (χ2v) is 2.97. The third kappa shape index (κ3) is 5.52. The molecule has 0 aromatic carbocycles. The molecule has 0 aliphatic rings. The molecular formula is C9H20O3. The van der Waals surface area contributed by atoms with Gasteiger partial charge >= 0.3 is 0 Å². The maximum atomic E-state index is 9.24. The first-order chi connectivity index (χ1) is 5.72. The predicted octanol–water partition coefficient (Wildman–Crippen LogP) is 0.935. The van der Waals surface area contributed by atoms with Crippen molar-refractivity contribution in [3.63, 3.8) is 0 Å².